The van der Waals surface area contributed by atoms with Gasteiger partial charge in [0.15, 0.2) is 23.3 Å². The molecule has 0 bridgehead atoms. The third kappa shape index (κ3) is 4.38. The van der Waals surface area contributed by atoms with E-state index in [-0.39, 0.29) is 12.5 Å². The van der Waals surface area contributed by atoms with Crippen molar-refractivity contribution in [3.63, 3.8) is 0 Å². The van der Waals surface area contributed by atoms with Crippen molar-refractivity contribution >= 4 is 23.5 Å². The summed E-state index contributed by atoms with van der Waals surface area (Å²) >= 11 is 0.410. The molecule has 22 heavy (non-hydrogen) atoms. The van der Waals surface area contributed by atoms with Crippen molar-refractivity contribution < 1.29 is 22.4 Å². The molecule has 0 fully saturated rings. The van der Waals surface area contributed by atoms with Gasteiger partial charge in [-0.15, -0.1) is 0 Å². The highest BCUT2D eigenvalue weighted by Crippen LogP contribution is 2.31. The van der Waals surface area contributed by atoms with Gasteiger partial charge in [-0.2, -0.15) is 0 Å². The van der Waals surface area contributed by atoms with Gasteiger partial charge in [0.25, 0.3) is 0 Å². The molecule has 1 aromatic carbocycles. The normalized spacial score (nSPS) is 10.6. The molecular formula is C13H15F4N3OS. The molecule has 0 saturated carbocycles. The van der Waals surface area contributed by atoms with Crippen LogP contribution in [0.5, 0.6) is 0 Å². The molecule has 0 spiro atoms. The topological polar surface area (TPSA) is 67.2 Å². The number of benzene rings is 1. The first kappa shape index (κ1) is 18.3. The summed E-state index contributed by atoms with van der Waals surface area (Å²) in [6.45, 7) is 5.57. The molecule has 1 rings (SSSR count). The van der Waals surface area contributed by atoms with E-state index in [1.54, 1.807) is 6.92 Å². The minimum atomic E-state index is -1.63. The summed E-state index contributed by atoms with van der Waals surface area (Å²) < 4.78 is 56.0. The van der Waals surface area contributed by atoms with Crippen molar-refractivity contribution in [3.05, 3.63) is 35.4 Å². The summed E-state index contributed by atoms with van der Waals surface area (Å²) in [6.07, 6.45) is 0.440. The molecule has 122 valence electrons. The summed E-state index contributed by atoms with van der Waals surface area (Å²) in [5.41, 5.74) is 4.06. The Labute approximate surface area is 129 Å². The standard InChI is InChI=1S/C13H15F4N3OS/c1-6(2)13(21)19-4-3-5-20-22-12-9(16)7(14)11(18)8(15)10(12)17/h20H,1,3-5,18H2,2H3,(H,19,21). The number of amides is 1. The van der Waals surface area contributed by atoms with Crippen LogP contribution in [-0.2, 0) is 4.79 Å². The molecule has 0 aromatic heterocycles. The third-order valence-electron chi connectivity index (χ3n) is 2.56. The molecule has 4 N–H and O–H groups in total. The molecule has 0 heterocycles. The van der Waals surface area contributed by atoms with E-state index in [0.29, 0.717) is 30.5 Å². The average Bonchev–Trinajstić information content (AvgIpc) is 2.49. The van der Waals surface area contributed by atoms with Crippen LogP contribution in [0.2, 0.25) is 0 Å². The van der Waals surface area contributed by atoms with Gasteiger partial charge in [0, 0.05) is 18.7 Å². The van der Waals surface area contributed by atoms with E-state index in [1.807, 2.05) is 0 Å². The highest BCUT2D eigenvalue weighted by molar-refractivity contribution is 7.97. The second-order valence-corrected chi connectivity index (χ2v) is 5.29. The van der Waals surface area contributed by atoms with E-state index in [4.69, 9.17) is 5.73 Å². The summed E-state index contributed by atoms with van der Waals surface area (Å²) in [5, 5.41) is 2.56. The van der Waals surface area contributed by atoms with Gasteiger partial charge in [-0.05, 0) is 25.3 Å². The number of carbonyl (C=O) groups is 1. The van der Waals surface area contributed by atoms with Gasteiger partial charge >= 0.3 is 0 Å². The number of hydrogen-bond donors (Lipinski definition) is 3. The van der Waals surface area contributed by atoms with E-state index in [2.05, 4.69) is 16.6 Å². The predicted octanol–water partition coefficient (Wildman–Crippen LogP) is 2.50. The molecule has 0 saturated heterocycles. The summed E-state index contributed by atoms with van der Waals surface area (Å²) in [7, 11) is 0. The molecular weight excluding hydrogens is 322 g/mol. The fourth-order valence-electron chi connectivity index (χ4n) is 1.35. The van der Waals surface area contributed by atoms with Gasteiger partial charge in [0.1, 0.15) is 10.6 Å². The summed E-state index contributed by atoms with van der Waals surface area (Å²) in [6, 6.07) is 0. The quantitative estimate of drug-likeness (QED) is 0.179. The van der Waals surface area contributed by atoms with Crippen LogP contribution in [0.4, 0.5) is 23.2 Å². The average molecular weight is 337 g/mol. The number of anilines is 1. The van der Waals surface area contributed by atoms with Crippen molar-refractivity contribution in [2.24, 2.45) is 0 Å². The van der Waals surface area contributed by atoms with Crippen LogP contribution in [0, 0.1) is 23.3 Å². The van der Waals surface area contributed by atoms with Crippen molar-refractivity contribution in [3.8, 4) is 0 Å². The highest BCUT2D eigenvalue weighted by Gasteiger charge is 2.24. The maximum absolute atomic E-state index is 13.5. The second-order valence-electron chi connectivity index (χ2n) is 4.38. The minimum Gasteiger partial charge on any atom is -0.394 e. The molecule has 9 heteroatoms. The van der Waals surface area contributed by atoms with E-state index >= 15 is 0 Å². The molecule has 4 nitrogen and oxygen atoms in total. The zero-order valence-electron chi connectivity index (χ0n) is 11.7. The Balaban J connectivity index is 2.50. The van der Waals surface area contributed by atoms with Crippen LogP contribution in [0.25, 0.3) is 0 Å². The number of halogens is 4. The van der Waals surface area contributed by atoms with Crippen molar-refractivity contribution in [1.29, 1.82) is 0 Å². The fourth-order valence-corrected chi connectivity index (χ4v) is 2.10. The van der Waals surface area contributed by atoms with Crippen LogP contribution in [0.1, 0.15) is 13.3 Å². The van der Waals surface area contributed by atoms with Crippen LogP contribution in [0.3, 0.4) is 0 Å². The lowest BCUT2D eigenvalue weighted by Crippen LogP contribution is -2.26. The van der Waals surface area contributed by atoms with E-state index < -0.39 is 33.9 Å². The lowest BCUT2D eigenvalue weighted by atomic mass is 10.2. The smallest absolute Gasteiger partial charge is 0.246 e. The van der Waals surface area contributed by atoms with Crippen LogP contribution >= 0.6 is 11.9 Å². The minimum absolute atomic E-state index is 0.244. The van der Waals surface area contributed by atoms with Gasteiger partial charge in [0.05, 0.1) is 0 Å². The van der Waals surface area contributed by atoms with Crippen LogP contribution in [-0.4, -0.2) is 19.0 Å². The maximum Gasteiger partial charge on any atom is 0.246 e. The molecule has 0 atom stereocenters. The maximum atomic E-state index is 13.5. The highest BCUT2D eigenvalue weighted by atomic mass is 32.2. The Hall–Kier alpha value is -1.74. The zero-order valence-corrected chi connectivity index (χ0v) is 12.6. The fraction of sp³-hybridized carbons (Fsp3) is 0.308. The van der Waals surface area contributed by atoms with Gasteiger partial charge in [0.2, 0.25) is 5.91 Å². The zero-order chi connectivity index (χ0) is 16.9. The lowest BCUT2D eigenvalue weighted by Gasteiger charge is -2.10. The Morgan fingerprint density at radius 1 is 1.14 bits per heavy atom. The van der Waals surface area contributed by atoms with Crippen LogP contribution in [0.15, 0.2) is 17.0 Å². The van der Waals surface area contributed by atoms with Crippen molar-refractivity contribution in [2.45, 2.75) is 18.2 Å². The van der Waals surface area contributed by atoms with Gasteiger partial charge < -0.3 is 11.1 Å². The molecule has 0 unspecified atom stereocenters. The largest absolute Gasteiger partial charge is 0.394 e. The van der Waals surface area contributed by atoms with Crippen LogP contribution < -0.4 is 15.8 Å². The van der Waals surface area contributed by atoms with Crippen molar-refractivity contribution in [1.82, 2.24) is 10.0 Å². The lowest BCUT2D eigenvalue weighted by molar-refractivity contribution is -0.117. The van der Waals surface area contributed by atoms with Crippen molar-refractivity contribution in [2.75, 3.05) is 18.8 Å². The predicted molar refractivity (Wildman–Crippen MR) is 77.0 cm³/mol. The molecule has 0 aliphatic rings. The monoisotopic (exact) mass is 337 g/mol. The van der Waals surface area contributed by atoms with E-state index in [9.17, 15) is 22.4 Å². The number of nitrogen functional groups attached to an aromatic ring is 1. The molecule has 1 amide bonds. The van der Waals surface area contributed by atoms with Gasteiger partial charge in [-0.25, -0.2) is 17.6 Å². The Morgan fingerprint density at radius 2 is 1.68 bits per heavy atom. The number of carbonyl (C=O) groups excluding carboxylic acids is 1. The number of nitrogens with two attached hydrogens (primary N) is 1. The number of nitrogens with one attached hydrogen (secondary N) is 2. The van der Waals surface area contributed by atoms with E-state index in [0.717, 1.165) is 0 Å². The second kappa shape index (κ2) is 8.04. The summed E-state index contributed by atoms with van der Waals surface area (Å²) in [5.74, 6) is -6.66. The molecule has 0 aliphatic carbocycles. The number of rotatable bonds is 7. The Morgan fingerprint density at radius 3 is 2.18 bits per heavy atom. The first-order chi connectivity index (χ1) is 10.3. The summed E-state index contributed by atoms with van der Waals surface area (Å²) in [4.78, 5) is 10.3. The first-order valence-corrected chi connectivity index (χ1v) is 7.03. The third-order valence-corrected chi connectivity index (χ3v) is 3.47. The SMILES string of the molecule is C=C(C)C(=O)NCCCNSc1c(F)c(F)c(N)c(F)c1F. The van der Waals surface area contributed by atoms with Gasteiger partial charge in [-0.1, -0.05) is 6.58 Å². The first-order valence-electron chi connectivity index (χ1n) is 6.22. The molecule has 1 aromatic rings. The van der Waals surface area contributed by atoms with Gasteiger partial charge in [-0.3, -0.25) is 9.52 Å². The molecule has 0 radical (unpaired) electrons. The number of hydrogen-bond acceptors (Lipinski definition) is 4. The molecule has 0 aliphatic heterocycles. The Kier molecular flexibility index (Phi) is 6.69. The van der Waals surface area contributed by atoms with E-state index in [1.165, 1.54) is 0 Å². The Bertz CT molecular complexity index is 566.